The summed E-state index contributed by atoms with van der Waals surface area (Å²) in [7, 11) is 0. The number of carbonyl (C=O) groups excluding carboxylic acids is 1. The first-order valence-electron chi connectivity index (χ1n) is 4.32. The maximum absolute atomic E-state index is 12.1. The highest BCUT2D eigenvalue weighted by atomic mass is 79.9. The van der Waals surface area contributed by atoms with E-state index in [0.717, 1.165) is 8.95 Å². The quantitative estimate of drug-likeness (QED) is 0.658. The van der Waals surface area contributed by atoms with Crippen LogP contribution in [0.2, 0.25) is 5.02 Å². The fourth-order valence-corrected chi connectivity index (χ4v) is 3.16. The topological polar surface area (TPSA) is 17.1 Å². The Balaban J connectivity index is 2.42. The molecule has 16 heavy (non-hydrogen) atoms. The summed E-state index contributed by atoms with van der Waals surface area (Å²) >= 11 is 14.0. The molecule has 0 radical (unpaired) electrons. The summed E-state index contributed by atoms with van der Waals surface area (Å²) in [6.07, 6.45) is 0. The van der Waals surface area contributed by atoms with Gasteiger partial charge in [-0.05, 0) is 61.5 Å². The van der Waals surface area contributed by atoms with Crippen molar-refractivity contribution in [1.82, 2.24) is 0 Å². The molecule has 0 fully saturated rings. The van der Waals surface area contributed by atoms with Gasteiger partial charge in [-0.25, -0.2) is 0 Å². The minimum absolute atomic E-state index is 0.0173. The van der Waals surface area contributed by atoms with Crippen LogP contribution in [-0.4, -0.2) is 5.78 Å². The lowest BCUT2D eigenvalue weighted by molar-refractivity contribution is 0.104. The normalized spacial score (nSPS) is 10.4. The average molecular weight is 380 g/mol. The van der Waals surface area contributed by atoms with E-state index >= 15 is 0 Å². The monoisotopic (exact) mass is 378 g/mol. The van der Waals surface area contributed by atoms with Crippen LogP contribution in [0.1, 0.15) is 15.2 Å². The number of hydrogen-bond acceptors (Lipinski definition) is 2. The number of ketones is 1. The maximum atomic E-state index is 12.1. The lowest BCUT2D eigenvalue weighted by atomic mass is 10.1. The summed E-state index contributed by atoms with van der Waals surface area (Å²) in [4.78, 5) is 12.8. The first kappa shape index (κ1) is 12.3. The van der Waals surface area contributed by atoms with Crippen molar-refractivity contribution in [2.75, 3.05) is 0 Å². The van der Waals surface area contributed by atoms with Gasteiger partial charge in [0.25, 0.3) is 0 Å². The molecule has 0 spiro atoms. The first-order chi connectivity index (χ1) is 7.59. The SMILES string of the molecule is O=C(c1ccc(Br)c(Cl)c1)c1sccc1Br. The molecule has 1 aromatic heterocycles. The molecule has 0 aliphatic rings. The van der Waals surface area contributed by atoms with Crippen LogP contribution in [0.4, 0.5) is 0 Å². The summed E-state index contributed by atoms with van der Waals surface area (Å²) in [5, 5.41) is 2.41. The maximum Gasteiger partial charge on any atom is 0.204 e. The lowest BCUT2D eigenvalue weighted by Gasteiger charge is -2.01. The van der Waals surface area contributed by atoms with E-state index in [1.165, 1.54) is 11.3 Å². The second kappa shape index (κ2) is 5.00. The smallest absolute Gasteiger partial charge is 0.204 e. The van der Waals surface area contributed by atoms with E-state index in [1.54, 1.807) is 18.2 Å². The third-order valence-corrected chi connectivity index (χ3v) is 5.07. The molecule has 2 rings (SSSR count). The van der Waals surface area contributed by atoms with E-state index in [1.807, 2.05) is 11.4 Å². The van der Waals surface area contributed by atoms with Gasteiger partial charge in [-0.1, -0.05) is 11.6 Å². The van der Waals surface area contributed by atoms with Crippen molar-refractivity contribution < 1.29 is 4.79 Å². The minimum Gasteiger partial charge on any atom is -0.288 e. The van der Waals surface area contributed by atoms with Gasteiger partial charge in [-0.2, -0.15) is 0 Å². The van der Waals surface area contributed by atoms with Crippen LogP contribution < -0.4 is 0 Å². The Morgan fingerprint density at radius 1 is 1.19 bits per heavy atom. The van der Waals surface area contributed by atoms with Crippen molar-refractivity contribution >= 4 is 60.6 Å². The van der Waals surface area contributed by atoms with Gasteiger partial charge >= 0.3 is 0 Å². The molecule has 0 atom stereocenters. The van der Waals surface area contributed by atoms with Gasteiger partial charge in [0.1, 0.15) is 0 Å². The molecule has 1 aromatic carbocycles. The van der Waals surface area contributed by atoms with Gasteiger partial charge < -0.3 is 0 Å². The van der Waals surface area contributed by atoms with Gasteiger partial charge in [0, 0.05) is 14.5 Å². The number of halogens is 3. The number of carbonyl (C=O) groups is 1. The first-order valence-corrected chi connectivity index (χ1v) is 7.16. The van der Waals surface area contributed by atoms with E-state index in [9.17, 15) is 4.79 Å². The third kappa shape index (κ3) is 2.40. The fraction of sp³-hybridized carbons (Fsp3) is 0. The van der Waals surface area contributed by atoms with Crippen LogP contribution in [0.25, 0.3) is 0 Å². The Hall–Kier alpha value is -0.160. The summed E-state index contributed by atoms with van der Waals surface area (Å²) in [5.41, 5.74) is 0.594. The zero-order chi connectivity index (χ0) is 11.7. The van der Waals surface area contributed by atoms with E-state index < -0.39 is 0 Å². The zero-order valence-electron chi connectivity index (χ0n) is 7.84. The van der Waals surface area contributed by atoms with Crippen molar-refractivity contribution in [3.8, 4) is 0 Å². The van der Waals surface area contributed by atoms with Crippen LogP contribution in [-0.2, 0) is 0 Å². The van der Waals surface area contributed by atoms with Gasteiger partial charge in [0.05, 0.1) is 9.90 Å². The standard InChI is InChI=1S/C11H5Br2ClOS/c12-7-2-1-6(5-9(7)14)10(15)11-8(13)3-4-16-11/h1-5H. The van der Waals surface area contributed by atoms with Gasteiger partial charge in [-0.3, -0.25) is 4.79 Å². The fourth-order valence-electron chi connectivity index (χ4n) is 1.22. The van der Waals surface area contributed by atoms with Crippen LogP contribution >= 0.6 is 54.8 Å². The molecule has 0 N–H and O–H groups in total. The molecule has 1 nitrogen and oxygen atoms in total. The highest BCUT2D eigenvalue weighted by Gasteiger charge is 2.14. The Bertz CT molecular complexity index is 551. The number of hydrogen-bond donors (Lipinski definition) is 0. The van der Waals surface area contributed by atoms with Crippen molar-refractivity contribution in [3.63, 3.8) is 0 Å². The summed E-state index contributed by atoms with van der Waals surface area (Å²) < 4.78 is 1.61. The summed E-state index contributed by atoms with van der Waals surface area (Å²) in [5.74, 6) is -0.0173. The van der Waals surface area contributed by atoms with Crippen molar-refractivity contribution in [2.24, 2.45) is 0 Å². The van der Waals surface area contributed by atoms with Crippen LogP contribution in [0.15, 0.2) is 38.6 Å². The van der Waals surface area contributed by atoms with Crippen molar-refractivity contribution in [2.45, 2.75) is 0 Å². The number of rotatable bonds is 2. The predicted octanol–water partition coefficient (Wildman–Crippen LogP) is 5.16. The second-order valence-electron chi connectivity index (χ2n) is 3.06. The zero-order valence-corrected chi connectivity index (χ0v) is 12.6. The lowest BCUT2D eigenvalue weighted by Crippen LogP contribution is -1.99. The highest BCUT2D eigenvalue weighted by Crippen LogP contribution is 2.28. The predicted molar refractivity (Wildman–Crippen MR) is 74.6 cm³/mol. The van der Waals surface area contributed by atoms with Gasteiger partial charge in [0.15, 0.2) is 0 Å². The number of benzene rings is 1. The van der Waals surface area contributed by atoms with Gasteiger partial charge in [0.2, 0.25) is 5.78 Å². The molecular weight excluding hydrogens is 375 g/mol. The molecule has 0 amide bonds. The molecule has 82 valence electrons. The average Bonchev–Trinajstić information content (AvgIpc) is 2.67. The van der Waals surface area contributed by atoms with E-state index in [4.69, 9.17) is 11.6 Å². The van der Waals surface area contributed by atoms with Gasteiger partial charge in [-0.15, -0.1) is 11.3 Å². The molecule has 5 heteroatoms. The molecule has 2 aromatic rings. The van der Waals surface area contributed by atoms with Crippen LogP contribution in [0, 0.1) is 0 Å². The van der Waals surface area contributed by atoms with E-state index in [-0.39, 0.29) is 5.78 Å². The second-order valence-corrected chi connectivity index (χ2v) is 6.09. The van der Waals surface area contributed by atoms with Crippen molar-refractivity contribution in [1.29, 1.82) is 0 Å². The Labute approximate surface area is 119 Å². The van der Waals surface area contributed by atoms with E-state index in [0.29, 0.717) is 15.5 Å². The van der Waals surface area contributed by atoms with Crippen LogP contribution in [0.5, 0.6) is 0 Å². The Morgan fingerprint density at radius 2 is 1.94 bits per heavy atom. The Morgan fingerprint density at radius 3 is 2.50 bits per heavy atom. The van der Waals surface area contributed by atoms with Crippen molar-refractivity contribution in [3.05, 3.63) is 54.1 Å². The highest BCUT2D eigenvalue weighted by molar-refractivity contribution is 9.10. The molecule has 0 aliphatic carbocycles. The summed E-state index contributed by atoms with van der Waals surface area (Å²) in [6.45, 7) is 0. The molecule has 0 saturated carbocycles. The molecule has 0 saturated heterocycles. The largest absolute Gasteiger partial charge is 0.288 e. The molecular formula is C11H5Br2ClOS. The summed E-state index contributed by atoms with van der Waals surface area (Å²) in [6, 6.07) is 7.06. The van der Waals surface area contributed by atoms with Crippen LogP contribution in [0.3, 0.4) is 0 Å². The molecule has 0 unspecified atom stereocenters. The third-order valence-electron chi connectivity index (χ3n) is 2.01. The number of thiophene rings is 1. The molecule has 0 aliphatic heterocycles. The minimum atomic E-state index is -0.0173. The van der Waals surface area contributed by atoms with E-state index in [2.05, 4.69) is 31.9 Å². The molecule has 1 heterocycles. The Kier molecular flexibility index (Phi) is 3.85. The molecule has 0 bridgehead atoms.